The third kappa shape index (κ3) is 1.65. The van der Waals surface area contributed by atoms with E-state index < -0.39 is 0 Å². The molecule has 72 valence electrons. The van der Waals surface area contributed by atoms with E-state index in [1.165, 1.54) is 0 Å². The molecule has 2 heterocycles. The molecule has 0 aromatic carbocycles. The van der Waals surface area contributed by atoms with E-state index in [1.54, 1.807) is 12.5 Å². The third-order valence-corrected chi connectivity index (χ3v) is 1.87. The van der Waals surface area contributed by atoms with Gasteiger partial charge in [0.1, 0.15) is 12.0 Å². The van der Waals surface area contributed by atoms with E-state index in [1.807, 2.05) is 25.1 Å². The minimum absolute atomic E-state index is 0.115. The number of nitrogens with two attached hydrogens (primary N) is 1. The number of oxazole rings is 1. The van der Waals surface area contributed by atoms with Crippen molar-refractivity contribution in [2.24, 2.45) is 5.73 Å². The van der Waals surface area contributed by atoms with Crippen molar-refractivity contribution < 1.29 is 4.42 Å². The standard InChI is InChI=1S/C10H11N3O/c1-7(11)9-6-14-10(13-9)8-4-2-3-5-12-8/h2-7H,11H2,1H3. The lowest BCUT2D eigenvalue weighted by Crippen LogP contribution is -2.04. The summed E-state index contributed by atoms with van der Waals surface area (Å²) < 4.78 is 5.26. The van der Waals surface area contributed by atoms with Crippen molar-refractivity contribution >= 4 is 0 Å². The van der Waals surface area contributed by atoms with E-state index in [-0.39, 0.29) is 6.04 Å². The summed E-state index contributed by atoms with van der Waals surface area (Å²) in [7, 11) is 0. The van der Waals surface area contributed by atoms with Crippen LogP contribution in [-0.2, 0) is 0 Å². The van der Waals surface area contributed by atoms with Gasteiger partial charge in [0.25, 0.3) is 0 Å². The number of hydrogen-bond donors (Lipinski definition) is 1. The first kappa shape index (κ1) is 8.90. The molecular formula is C10H11N3O. The van der Waals surface area contributed by atoms with Gasteiger partial charge in [-0.2, -0.15) is 0 Å². The van der Waals surface area contributed by atoms with Crippen molar-refractivity contribution in [2.75, 3.05) is 0 Å². The lowest BCUT2D eigenvalue weighted by molar-refractivity contribution is 0.568. The number of hydrogen-bond acceptors (Lipinski definition) is 4. The highest BCUT2D eigenvalue weighted by atomic mass is 16.3. The van der Waals surface area contributed by atoms with Crippen LogP contribution in [-0.4, -0.2) is 9.97 Å². The number of aromatic nitrogens is 2. The van der Waals surface area contributed by atoms with Crippen LogP contribution in [0.15, 0.2) is 35.1 Å². The average Bonchev–Trinajstić information content (AvgIpc) is 2.68. The van der Waals surface area contributed by atoms with Crippen LogP contribution in [0.1, 0.15) is 18.7 Å². The van der Waals surface area contributed by atoms with Crippen LogP contribution in [0.3, 0.4) is 0 Å². The maximum absolute atomic E-state index is 5.66. The van der Waals surface area contributed by atoms with E-state index in [0.717, 1.165) is 11.4 Å². The predicted molar refractivity (Wildman–Crippen MR) is 52.3 cm³/mol. The Morgan fingerprint density at radius 3 is 2.86 bits per heavy atom. The molecule has 4 nitrogen and oxygen atoms in total. The third-order valence-electron chi connectivity index (χ3n) is 1.87. The quantitative estimate of drug-likeness (QED) is 0.781. The van der Waals surface area contributed by atoms with E-state index >= 15 is 0 Å². The average molecular weight is 189 g/mol. The largest absolute Gasteiger partial charge is 0.443 e. The Bertz CT molecular complexity index is 408. The van der Waals surface area contributed by atoms with Gasteiger partial charge in [0.2, 0.25) is 5.89 Å². The Kier molecular flexibility index (Phi) is 2.28. The molecule has 0 radical (unpaired) electrons. The number of nitrogens with zero attached hydrogens (tertiary/aromatic N) is 2. The molecule has 0 aliphatic carbocycles. The summed E-state index contributed by atoms with van der Waals surface area (Å²) in [6.45, 7) is 1.86. The molecule has 2 aromatic rings. The highest BCUT2D eigenvalue weighted by Gasteiger charge is 2.09. The van der Waals surface area contributed by atoms with Crippen LogP contribution in [0.25, 0.3) is 11.6 Å². The minimum atomic E-state index is -0.115. The highest BCUT2D eigenvalue weighted by molar-refractivity contribution is 5.46. The summed E-state index contributed by atoms with van der Waals surface area (Å²) in [5, 5.41) is 0. The summed E-state index contributed by atoms with van der Waals surface area (Å²) in [5.74, 6) is 0.512. The summed E-state index contributed by atoms with van der Waals surface area (Å²) in [6.07, 6.45) is 3.26. The van der Waals surface area contributed by atoms with Gasteiger partial charge in [-0.25, -0.2) is 4.98 Å². The second kappa shape index (κ2) is 3.59. The summed E-state index contributed by atoms with van der Waals surface area (Å²) >= 11 is 0. The minimum Gasteiger partial charge on any atom is -0.443 e. The van der Waals surface area contributed by atoms with E-state index in [4.69, 9.17) is 10.2 Å². The monoisotopic (exact) mass is 189 g/mol. The molecule has 0 spiro atoms. The maximum atomic E-state index is 5.66. The zero-order valence-corrected chi connectivity index (χ0v) is 7.84. The first-order chi connectivity index (χ1) is 6.77. The van der Waals surface area contributed by atoms with Crippen LogP contribution in [0.4, 0.5) is 0 Å². The summed E-state index contributed by atoms with van der Waals surface area (Å²) in [5.41, 5.74) is 7.13. The predicted octanol–water partition coefficient (Wildman–Crippen LogP) is 1.76. The first-order valence-corrected chi connectivity index (χ1v) is 4.40. The molecule has 0 bridgehead atoms. The van der Waals surface area contributed by atoms with Gasteiger partial charge >= 0.3 is 0 Å². The zero-order chi connectivity index (χ0) is 9.97. The summed E-state index contributed by atoms with van der Waals surface area (Å²) in [6, 6.07) is 5.46. The molecular weight excluding hydrogens is 178 g/mol. The lowest BCUT2D eigenvalue weighted by atomic mass is 10.3. The fourth-order valence-electron chi connectivity index (χ4n) is 1.10. The van der Waals surface area contributed by atoms with Crippen molar-refractivity contribution in [1.82, 2.24) is 9.97 Å². The number of rotatable bonds is 2. The normalized spacial score (nSPS) is 12.7. The molecule has 0 saturated heterocycles. The second-order valence-electron chi connectivity index (χ2n) is 3.08. The van der Waals surface area contributed by atoms with Gasteiger partial charge in [-0.3, -0.25) is 4.98 Å². The summed E-state index contributed by atoms with van der Waals surface area (Å²) in [4.78, 5) is 8.35. The highest BCUT2D eigenvalue weighted by Crippen LogP contribution is 2.17. The first-order valence-electron chi connectivity index (χ1n) is 4.40. The van der Waals surface area contributed by atoms with Crippen LogP contribution in [0.2, 0.25) is 0 Å². The van der Waals surface area contributed by atoms with Gasteiger partial charge in [-0.15, -0.1) is 0 Å². The fourth-order valence-corrected chi connectivity index (χ4v) is 1.10. The molecule has 4 heteroatoms. The van der Waals surface area contributed by atoms with Crippen molar-refractivity contribution in [3.8, 4) is 11.6 Å². The SMILES string of the molecule is CC(N)c1coc(-c2ccccn2)n1. The Morgan fingerprint density at radius 1 is 1.43 bits per heavy atom. The maximum Gasteiger partial charge on any atom is 0.245 e. The fraction of sp³-hybridized carbons (Fsp3) is 0.200. The van der Waals surface area contributed by atoms with E-state index in [0.29, 0.717) is 5.89 Å². The smallest absolute Gasteiger partial charge is 0.245 e. The van der Waals surface area contributed by atoms with Crippen LogP contribution >= 0.6 is 0 Å². The molecule has 2 aromatic heterocycles. The van der Waals surface area contributed by atoms with E-state index in [9.17, 15) is 0 Å². The molecule has 1 atom stereocenters. The molecule has 0 fully saturated rings. The Hall–Kier alpha value is -1.68. The zero-order valence-electron chi connectivity index (χ0n) is 7.84. The molecule has 14 heavy (non-hydrogen) atoms. The number of pyridine rings is 1. The van der Waals surface area contributed by atoms with Crippen LogP contribution < -0.4 is 5.73 Å². The van der Waals surface area contributed by atoms with Gasteiger partial charge in [0.15, 0.2) is 0 Å². The van der Waals surface area contributed by atoms with Crippen molar-refractivity contribution in [1.29, 1.82) is 0 Å². The second-order valence-corrected chi connectivity index (χ2v) is 3.08. The molecule has 0 aliphatic rings. The molecule has 0 saturated carbocycles. The topological polar surface area (TPSA) is 64.9 Å². The van der Waals surface area contributed by atoms with Crippen molar-refractivity contribution in [2.45, 2.75) is 13.0 Å². The van der Waals surface area contributed by atoms with Crippen LogP contribution in [0, 0.1) is 0 Å². The Morgan fingerprint density at radius 2 is 2.29 bits per heavy atom. The van der Waals surface area contributed by atoms with Crippen molar-refractivity contribution in [3.63, 3.8) is 0 Å². The van der Waals surface area contributed by atoms with Crippen LogP contribution in [0.5, 0.6) is 0 Å². The molecule has 2 N–H and O–H groups in total. The van der Waals surface area contributed by atoms with Gasteiger partial charge in [-0.05, 0) is 19.1 Å². The molecule has 0 aliphatic heterocycles. The Balaban J connectivity index is 2.34. The van der Waals surface area contributed by atoms with Gasteiger partial charge in [0, 0.05) is 12.2 Å². The van der Waals surface area contributed by atoms with Gasteiger partial charge in [-0.1, -0.05) is 6.07 Å². The van der Waals surface area contributed by atoms with Crippen molar-refractivity contribution in [3.05, 3.63) is 36.4 Å². The van der Waals surface area contributed by atoms with Gasteiger partial charge in [0.05, 0.1) is 5.69 Å². The molecule has 2 rings (SSSR count). The lowest BCUT2D eigenvalue weighted by Gasteiger charge is -1.95. The molecule has 0 amide bonds. The van der Waals surface area contributed by atoms with E-state index in [2.05, 4.69) is 9.97 Å². The Labute approximate surface area is 81.8 Å². The molecule has 1 unspecified atom stereocenters. The van der Waals surface area contributed by atoms with Gasteiger partial charge < -0.3 is 10.2 Å².